The first-order valence-corrected chi connectivity index (χ1v) is 6.39. The molecule has 0 aliphatic rings. The van der Waals surface area contributed by atoms with E-state index in [4.69, 9.17) is 4.74 Å². The normalized spacial score (nSPS) is 12.2. The van der Waals surface area contributed by atoms with E-state index in [-0.39, 0.29) is 5.54 Å². The number of ether oxygens (including phenoxy) is 1. The van der Waals surface area contributed by atoms with Crippen LogP contribution < -0.4 is 5.32 Å². The lowest BCUT2D eigenvalue weighted by Gasteiger charge is -2.21. The van der Waals surface area contributed by atoms with Crippen molar-refractivity contribution in [2.45, 2.75) is 46.4 Å². The van der Waals surface area contributed by atoms with Crippen LogP contribution in [0.15, 0.2) is 30.5 Å². The number of hydrogen-bond acceptors (Lipinski definition) is 3. The van der Waals surface area contributed by atoms with E-state index in [2.05, 4.69) is 37.1 Å². The van der Waals surface area contributed by atoms with Crippen LogP contribution in [0.2, 0.25) is 0 Å². The molecule has 0 saturated heterocycles. The first-order chi connectivity index (χ1) is 8.53. The zero-order valence-corrected chi connectivity index (χ0v) is 11.9. The summed E-state index contributed by atoms with van der Waals surface area (Å²) in [5.41, 5.74) is 2.32. The molecule has 0 atom stereocenters. The summed E-state index contributed by atoms with van der Waals surface area (Å²) in [6, 6.07) is 4.06. The van der Waals surface area contributed by atoms with Crippen LogP contribution in [0.3, 0.4) is 0 Å². The number of hydrogen-bond donors (Lipinski definition) is 1. The van der Waals surface area contributed by atoms with Crippen molar-refractivity contribution >= 4 is 0 Å². The summed E-state index contributed by atoms with van der Waals surface area (Å²) < 4.78 is 5.56. The van der Waals surface area contributed by atoms with Gasteiger partial charge in [0.25, 0.3) is 0 Å². The van der Waals surface area contributed by atoms with Crippen molar-refractivity contribution in [3.8, 4) is 0 Å². The fourth-order valence-corrected chi connectivity index (χ4v) is 1.44. The Bertz CT molecular complexity index is 380. The summed E-state index contributed by atoms with van der Waals surface area (Å²) in [6.07, 6.45) is 5.80. The fraction of sp³-hybridized carbons (Fsp3) is 0.533. The lowest BCUT2D eigenvalue weighted by Crippen LogP contribution is -2.35. The summed E-state index contributed by atoms with van der Waals surface area (Å²) in [4.78, 5) is 4.39. The first kappa shape index (κ1) is 14.9. The molecule has 1 aromatic heterocycles. The summed E-state index contributed by atoms with van der Waals surface area (Å²) in [7, 11) is 0. The Hall–Kier alpha value is -1.19. The number of nitrogens with zero attached hydrogens (tertiary/aromatic N) is 1. The van der Waals surface area contributed by atoms with E-state index >= 15 is 0 Å². The highest BCUT2D eigenvalue weighted by atomic mass is 16.5. The van der Waals surface area contributed by atoms with E-state index in [0.717, 1.165) is 12.2 Å². The van der Waals surface area contributed by atoms with Crippen LogP contribution in [0.1, 0.15) is 39.0 Å². The van der Waals surface area contributed by atoms with E-state index in [1.807, 2.05) is 31.3 Å². The summed E-state index contributed by atoms with van der Waals surface area (Å²) in [6.45, 7) is 10.5. The number of aromatic nitrogens is 1. The Balaban J connectivity index is 2.56. The number of nitrogens with one attached hydrogen (secondary N) is 1. The van der Waals surface area contributed by atoms with E-state index in [1.165, 1.54) is 5.56 Å². The van der Waals surface area contributed by atoms with E-state index in [1.54, 1.807) is 0 Å². The molecule has 0 aliphatic heterocycles. The third-order valence-corrected chi connectivity index (χ3v) is 2.48. The Labute approximate surface area is 110 Å². The molecule has 0 spiro atoms. The summed E-state index contributed by atoms with van der Waals surface area (Å²) in [5.74, 6) is 0. The van der Waals surface area contributed by atoms with Gasteiger partial charge in [0.15, 0.2) is 0 Å². The van der Waals surface area contributed by atoms with Gasteiger partial charge in [-0.3, -0.25) is 4.98 Å². The van der Waals surface area contributed by atoms with Gasteiger partial charge in [0.2, 0.25) is 0 Å². The minimum absolute atomic E-state index is 0.110. The average Bonchev–Trinajstić information content (AvgIpc) is 2.32. The second-order valence-electron chi connectivity index (χ2n) is 5.30. The highest BCUT2D eigenvalue weighted by Gasteiger charge is 2.10. The van der Waals surface area contributed by atoms with Gasteiger partial charge in [0.1, 0.15) is 0 Å². The Morgan fingerprint density at radius 1 is 1.39 bits per heavy atom. The predicted octanol–water partition coefficient (Wildman–Crippen LogP) is 3.06. The van der Waals surface area contributed by atoms with Crippen LogP contribution in [-0.4, -0.2) is 17.1 Å². The molecule has 3 heteroatoms. The molecule has 0 aromatic carbocycles. The Morgan fingerprint density at radius 2 is 2.17 bits per heavy atom. The minimum Gasteiger partial charge on any atom is -0.371 e. The lowest BCUT2D eigenvalue weighted by molar-refractivity contribution is 0.144. The van der Waals surface area contributed by atoms with Crippen LogP contribution in [0.4, 0.5) is 0 Å². The standard InChI is InChI=1S/C15H24N2O/c1-5-6-10-18-12-14-13(8-7-9-16-14)11-17-15(2,3)4/h5-9,17H,10-12H2,1-4H3/b6-5+. The van der Waals surface area contributed by atoms with Gasteiger partial charge in [0, 0.05) is 18.3 Å². The van der Waals surface area contributed by atoms with Crippen molar-refractivity contribution in [3.63, 3.8) is 0 Å². The van der Waals surface area contributed by atoms with Gasteiger partial charge in [-0.15, -0.1) is 0 Å². The molecule has 0 aliphatic carbocycles. The van der Waals surface area contributed by atoms with Crippen LogP contribution in [-0.2, 0) is 17.9 Å². The van der Waals surface area contributed by atoms with Crippen LogP contribution in [0.5, 0.6) is 0 Å². The van der Waals surface area contributed by atoms with Gasteiger partial charge in [-0.05, 0) is 39.3 Å². The van der Waals surface area contributed by atoms with E-state index < -0.39 is 0 Å². The molecule has 0 bridgehead atoms. The Kier molecular flexibility index (Phi) is 6.02. The molecule has 1 heterocycles. The maximum Gasteiger partial charge on any atom is 0.0895 e. The van der Waals surface area contributed by atoms with Crippen molar-refractivity contribution in [2.24, 2.45) is 0 Å². The molecule has 1 aromatic rings. The largest absolute Gasteiger partial charge is 0.371 e. The second-order valence-corrected chi connectivity index (χ2v) is 5.30. The zero-order valence-electron chi connectivity index (χ0n) is 11.9. The van der Waals surface area contributed by atoms with Crippen molar-refractivity contribution in [2.75, 3.05) is 6.61 Å². The molecule has 0 amide bonds. The SMILES string of the molecule is C/C=C/COCc1ncccc1CNC(C)(C)C. The minimum atomic E-state index is 0.110. The van der Waals surface area contributed by atoms with Crippen molar-refractivity contribution in [1.82, 2.24) is 10.3 Å². The smallest absolute Gasteiger partial charge is 0.0895 e. The van der Waals surface area contributed by atoms with Crippen molar-refractivity contribution in [3.05, 3.63) is 41.7 Å². The highest BCUT2D eigenvalue weighted by Crippen LogP contribution is 2.09. The molecule has 0 fully saturated rings. The fourth-order valence-electron chi connectivity index (χ4n) is 1.44. The molecule has 3 nitrogen and oxygen atoms in total. The number of allylic oxidation sites excluding steroid dienone is 1. The lowest BCUT2D eigenvalue weighted by atomic mass is 10.1. The molecule has 0 radical (unpaired) electrons. The molecule has 1 N–H and O–H groups in total. The molecule has 18 heavy (non-hydrogen) atoms. The topological polar surface area (TPSA) is 34.1 Å². The highest BCUT2D eigenvalue weighted by molar-refractivity contribution is 5.19. The predicted molar refractivity (Wildman–Crippen MR) is 75.3 cm³/mol. The van der Waals surface area contributed by atoms with Gasteiger partial charge >= 0.3 is 0 Å². The molecular formula is C15H24N2O. The van der Waals surface area contributed by atoms with Crippen LogP contribution in [0.25, 0.3) is 0 Å². The zero-order chi connectivity index (χ0) is 13.4. The van der Waals surface area contributed by atoms with E-state index in [9.17, 15) is 0 Å². The van der Waals surface area contributed by atoms with Gasteiger partial charge in [-0.25, -0.2) is 0 Å². The van der Waals surface area contributed by atoms with Gasteiger partial charge in [-0.1, -0.05) is 18.2 Å². The first-order valence-electron chi connectivity index (χ1n) is 6.39. The Morgan fingerprint density at radius 3 is 2.83 bits per heavy atom. The van der Waals surface area contributed by atoms with E-state index in [0.29, 0.717) is 13.2 Å². The van der Waals surface area contributed by atoms with Gasteiger partial charge in [0.05, 0.1) is 18.9 Å². The van der Waals surface area contributed by atoms with Crippen LogP contribution in [0, 0.1) is 0 Å². The monoisotopic (exact) mass is 248 g/mol. The molecular weight excluding hydrogens is 224 g/mol. The number of pyridine rings is 1. The van der Waals surface area contributed by atoms with Crippen molar-refractivity contribution in [1.29, 1.82) is 0 Å². The third-order valence-electron chi connectivity index (χ3n) is 2.48. The second kappa shape index (κ2) is 7.29. The molecule has 0 unspecified atom stereocenters. The quantitative estimate of drug-likeness (QED) is 0.620. The maximum absolute atomic E-state index is 5.56. The third kappa shape index (κ3) is 5.94. The average molecular weight is 248 g/mol. The molecule has 100 valence electrons. The maximum atomic E-state index is 5.56. The number of rotatable bonds is 6. The van der Waals surface area contributed by atoms with Crippen molar-refractivity contribution < 1.29 is 4.74 Å². The van der Waals surface area contributed by atoms with Gasteiger partial charge in [-0.2, -0.15) is 0 Å². The van der Waals surface area contributed by atoms with Crippen LogP contribution >= 0.6 is 0 Å². The van der Waals surface area contributed by atoms with Gasteiger partial charge < -0.3 is 10.1 Å². The molecule has 0 saturated carbocycles. The molecule has 1 rings (SSSR count). The summed E-state index contributed by atoms with van der Waals surface area (Å²) in [5, 5.41) is 3.47. The summed E-state index contributed by atoms with van der Waals surface area (Å²) >= 11 is 0.